The molecule has 7 nitrogen and oxygen atoms in total. The smallest absolute Gasteiger partial charge is 0.244 e. The van der Waals surface area contributed by atoms with Crippen molar-refractivity contribution in [2.75, 3.05) is 23.7 Å². The predicted octanol–water partition coefficient (Wildman–Crippen LogP) is 3.85. The highest BCUT2D eigenvalue weighted by Gasteiger charge is 2.33. The fourth-order valence-corrected chi connectivity index (χ4v) is 5.16. The molecule has 3 rings (SSSR count). The summed E-state index contributed by atoms with van der Waals surface area (Å²) >= 11 is 0. The summed E-state index contributed by atoms with van der Waals surface area (Å²) in [7, 11) is -3.78. The Morgan fingerprint density at radius 2 is 1.46 bits per heavy atom. The van der Waals surface area contributed by atoms with Gasteiger partial charge in [0.2, 0.25) is 21.8 Å². The highest BCUT2D eigenvalue weighted by atomic mass is 32.2. The maximum atomic E-state index is 14.0. The average molecular weight is 522 g/mol. The maximum absolute atomic E-state index is 14.0. The van der Waals surface area contributed by atoms with Crippen LogP contribution in [0.4, 0.5) is 5.69 Å². The zero-order chi connectivity index (χ0) is 27.0. The van der Waals surface area contributed by atoms with Crippen LogP contribution in [0.3, 0.4) is 0 Å². The van der Waals surface area contributed by atoms with Crippen LogP contribution >= 0.6 is 0 Å². The minimum absolute atomic E-state index is 0.172. The number of sulfonamides is 1. The van der Waals surface area contributed by atoms with E-state index >= 15 is 0 Å². The van der Waals surface area contributed by atoms with Crippen molar-refractivity contribution in [3.63, 3.8) is 0 Å². The number of carbonyl (C=O) groups excluding carboxylic acids is 2. The second-order valence-corrected chi connectivity index (χ2v) is 11.0. The fraction of sp³-hybridized carbons (Fsp3) is 0.310. The lowest BCUT2D eigenvalue weighted by atomic mass is 10.0. The monoisotopic (exact) mass is 521 g/mol. The number of amides is 2. The van der Waals surface area contributed by atoms with Gasteiger partial charge >= 0.3 is 0 Å². The Labute approximate surface area is 220 Å². The molecule has 3 aromatic carbocycles. The lowest BCUT2D eigenvalue weighted by molar-refractivity contribution is -0.140. The maximum Gasteiger partial charge on any atom is 0.244 e. The van der Waals surface area contributed by atoms with Gasteiger partial charge in [-0.2, -0.15) is 0 Å². The van der Waals surface area contributed by atoms with Gasteiger partial charge < -0.3 is 10.2 Å². The molecule has 8 heteroatoms. The third kappa shape index (κ3) is 7.43. The Morgan fingerprint density at radius 3 is 2.05 bits per heavy atom. The standard InChI is InChI=1S/C29H35N3O4S/c1-5-30-29(34)27(19-24-15-7-6-8-16-24)31(20-25-17-11-9-13-22(25)2)28(33)21-32(37(4,35)36)26-18-12-10-14-23(26)3/h6-18,27H,5,19-21H2,1-4H3,(H,30,34). The van der Waals surface area contributed by atoms with Crippen LogP contribution in [0.5, 0.6) is 0 Å². The predicted molar refractivity (Wildman–Crippen MR) is 148 cm³/mol. The second-order valence-electron chi connectivity index (χ2n) is 9.10. The first kappa shape index (κ1) is 27.9. The lowest BCUT2D eigenvalue weighted by Crippen LogP contribution is -2.53. The van der Waals surface area contributed by atoms with Gasteiger partial charge in [0, 0.05) is 19.5 Å². The van der Waals surface area contributed by atoms with E-state index in [0.717, 1.165) is 32.8 Å². The number of aryl methyl sites for hydroxylation is 2. The highest BCUT2D eigenvalue weighted by Crippen LogP contribution is 2.24. The molecule has 2 amide bonds. The summed E-state index contributed by atoms with van der Waals surface area (Å²) < 4.78 is 26.8. The van der Waals surface area contributed by atoms with Crippen LogP contribution < -0.4 is 9.62 Å². The molecule has 0 aromatic heterocycles. The van der Waals surface area contributed by atoms with Crippen LogP contribution in [0.15, 0.2) is 78.9 Å². The summed E-state index contributed by atoms with van der Waals surface area (Å²) in [5.74, 6) is -0.737. The molecule has 0 radical (unpaired) electrons. The zero-order valence-corrected chi connectivity index (χ0v) is 22.7. The average Bonchev–Trinajstić information content (AvgIpc) is 2.86. The van der Waals surface area contributed by atoms with Crippen LogP contribution in [0.2, 0.25) is 0 Å². The molecule has 0 saturated carbocycles. The van der Waals surface area contributed by atoms with Gasteiger partial charge in [0.05, 0.1) is 11.9 Å². The Balaban J connectivity index is 2.06. The number of benzene rings is 3. The summed E-state index contributed by atoms with van der Waals surface area (Å²) in [6, 6.07) is 23.4. The summed E-state index contributed by atoms with van der Waals surface area (Å²) in [6.45, 7) is 5.75. The van der Waals surface area contributed by atoms with E-state index in [1.165, 1.54) is 4.90 Å². The molecule has 196 valence electrons. The molecule has 0 aliphatic heterocycles. The van der Waals surface area contributed by atoms with Gasteiger partial charge in [0.15, 0.2) is 0 Å². The van der Waals surface area contributed by atoms with Crippen molar-refractivity contribution in [2.45, 2.75) is 39.8 Å². The van der Waals surface area contributed by atoms with E-state index in [-0.39, 0.29) is 12.5 Å². The van der Waals surface area contributed by atoms with E-state index in [2.05, 4.69) is 5.32 Å². The Hall–Kier alpha value is -3.65. The van der Waals surface area contributed by atoms with Gasteiger partial charge in [0.25, 0.3) is 0 Å². The third-order valence-electron chi connectivity index (χ3n) is 6.29. The minimum Gasteiger partial charge on any atom is -0.355 e. The number of hydrogen-bond donors (Lipinski definition) is 1. The molecule has 0 bridgehead atoms. The quantitative estimate of drug-likeness (QED) is 0.415. The van der Waals surface area contributed by atoms with Gasteiger partial charge in [-0.3, -0.25) is 13.9 Å². The van der Waals surface area contributed by atoms with Crippen LogP contribution in [-0.2, 0) is 32.6 Å². The molecule has 3 aromatic rings. The Bertz CT molecular complexity index is 1330. The molecular formula is C29H35N3O4S. The zero-order valence-electron chi connectivity index (χ0n) is 21.8. The topological polar surface area (TPSA) is 86.8 Å². The first-order valence-corrected chi connectivity index (χ1v) is 14.2. The summed E-state index contributed by atoms with van der Waals surface area (Å²) in [4.78, 5) is 28.8. The van der Waals surface area contributed by atoms with E-state index in [9.17, 15) is 18.0 Å². The largest absolute Gasteiger partial charge is 0.355 e. The Morgan fingerprint density at radius 1 is 0.865 bits per heavy atom. The third-order valence-corrected chi connectivity index (χ3v) is 7.41. The van der Waals surface area contributed by atoms with Gasteiger partial charge in [-0.1, -0.05) is 72.8 Å². The lowest BCUT2D eigenvalue weighted by Gasteiger charge is -2.34. The summed E-state index contributed by atoms with van der Waals surface area (Å²) in [6.07, 6.45) is 1.39. The number of hydrogen-bond acceptors (Lipinski definition) is 4. The minimum atomic E-state index is -3.78. The number of likely N-dealkylation sites (N-methyl/N-ethyl adjacent to an activating group) is 1. The molecule has 1 atom stereocenters. The van der Waals surface area contributed by atoms with Crippen molar-refractivity contribution in [1.82, 2.24) is 10.2 Å². The van der Waals surface area contributed by atoms with Crippen LogP contribution in [0, 0.1) is 13.8 Å². The van der Waals surface area contributed by atoms with Gasteiger partial charge in [-0.25, -0.2) is 8.42 Å². The van der Waals surface area contributed by atoms with Crippen molar-refractivity contribution >= 4 is 27.5 Å². The summed E-state index contributed by atoms with van der Waals surface area (Å²) in [5.41, 5.74) is 3.94. The molecular weight excluding hydrogens is 486 g/mol. The Kier molecular flexibility index (Phi) is 9.47. The molecule has 0 spiro atoms. The van der Waals surface area contributed by atoms with Crippen LogP contribution in [0.25, 0.3) is 0 Å². The molecule has 0 heterocycles. The van der Waals surface area contributed by atoms with Gasteiger partial charge in [-0.15, -0.1) is 0 Å². The van der Waals surface area contributed by atoms with Crippen LogP contribution in [-0.4, -0.2) is 50.5 Å². The van der Waals surface area contributed by atoms with Crippen molar-refractivity contribution in [3.8, 4) is 0 Å². The summed E-state index contributed by atoms with van der Waals surface area (Å²) in [5, 5.41) is 2.86. The molecule has 0 aliphatic rings. The number of carbonyl (C=O) groups is 2. The molecule has 1 unspecified atom stereocenters. The molecule has 0 aliphatic carbocycles. The number of rotatable bonds is 11. The van der Waals surface area contributed by atoms with E-state index in [1.54, 1.807) is 25.1 Å². The van der Waals surface area contributed by atoms with Crippen molar-refractivity contribution in [2.24, 2.45) is 0 Å². The first-order valence-electron chi connectivity index (χ1n) is 12.3. The van der Waals surface area contributed by atoms with Crippen LogP contribution in [0.1, 0.15) is 29.2 Å². The first-order chi connectivity index (χ1) is 17.6. The van der Waals surface area contributed by atoms with Gasteiger partial charge in [-0.05, 0) is 49.1 Å². The van der Waals surface area contributed by atoms with E-state index in [1.807, 2.05) is 74.5 Å². The van der Waals surface area contributed by atoms with E-state index in [4.69, 9.17) is 0 Å². The second kappa shape index (κ2) is 12.5. The molecule has 1 N–H and O–H groups in total. The fourth-order valence-electron chi connectivity index (χ4n) is 4.26. The number of nitrogens with one attached hydrogen (secondary N) is 1. The van der Waals surface area contributed by atoms with E-state index in [0.29, 0.717) is 18.7 Å². The van der Waals surface area contributed by atoms with E-state index < -0.39 is 28.5 Å². The number of nitrogens with zero attached hydrogens (tertiary/aromatic N) is 2. The van der Waals surface area contributed by atoms with Crippen molar-refractivity contribution in [3.05, 3.63) is 101 Å². The molecule has 37 heavy (non-hydrogen) atoms. The SMILES string of the molecule is CCNC(=O)C(Cc1ccccc1)N(Cc1ccccc1C)C(=O)CN(c1ccccc1C)S(C)(=O)=O. The van der Waals surface area contributed by atoms with Gasteiger partial charge in [0.1, 0.15) is 12.6 Å². The number of para-hydroxylation sites is 1. The molecule has 0 fully saturated rings. The van der Waals surface area contributed by atoms with Crippen molar-refractivity contribution < 1.29 is 18.0 Å². The number of anilines is 1. The highest BCUT2D eigenvalue weighted by molar-refractivity contribution is 7.92. The van der Waals surface area contributed by atoms with Crippen molar-refractivity contribution in [1.29, 1.82) is 0 Å². The normalized spacial score (nSPS) is 12.0. The molecule has 0 saturated heterocycles.